The summed E-state index contributed by atoms with van der Waals surface area (Å²) in [5.41, 5.74) is 1.82. The number of sulfone groups is 1. The highest BCUT2D eigenvalue weighted by Gasteiger charge is 2.36. The molecule has 1 amide bonds. The summed E-state index contributed by atoms with van der Waals surface area (Å²) in [6, 6.07) is 1.70. The topological polar surface area (TPSA) is 97.5 Å². The van der Waals surface area contributed by atoms with Crippen LogP contribution in [0.3, 0.4) is 0 Å². The molecule has 0 spiro atoms. The molecular weight excluding hydrogens is 386 g/mol. The van der Waals surface area contributed by atoms with Crippen LogP contribution in [0.25, 0.3) is 5.78 Å². The van der Waals surface area contributed by atoms with E-state index in [1.165, 1.54) is 11.8 Å². The van der Waals surface area contributed by atoms with Crippen LogP contribution in [0.4, 0.5) is 0 Å². The van der Waals surface area contributed by atoms with Crippen LogP contribution in [0.2, 0.25) is 0 Å². The third kappa shape index (κ3) is 4.26. The fourth-order valence-corrected chi connectivity index (χ4v) is 6.06. The fraction of sp³-hybridized carbons (Fsp3) is 0.647. The van der Waals surface area contributed by atoms with Gasteiger partial charge in [0, 0.05) is 23.5 Å². The number of nitrogens with zero attached hydrogens (tertiary/aromatic N) is 5. The van der Waals surface area contributed by atoms with Crippen molar-refractivity contribution in [1.82, 2.24) is 24.5 Å². The first kappa shape index (κ1) is 20.1. The molecule has 0 N–H and O–H groups in total. The van der Waals surface area contributed by atoms with Crippen molar-refractivity contribution < 1.29 is 13.2 Å². The van der Waals surface area contributed by atoms with Crippen molar-refractivity contribution in [3.63, 3.8) is 0 Å². The van der Waals surface area contributed by atoms with E-state index in [-0.39, 0.29) is 35.2 Å². The van der Waals surface area contributed by atoms with Gasteiger partial charge in [-0.3, -0.25) is 9.20 Å². The Morgan fingerprint density at radius 2 is 2.15 bits per heavy atom. The lowest BCUT2D eigenvalue weighted by atomic mass is 10.1. The van der Waals surface area contributed by atoms with Crippen molar-refractivity contribution in [2.24, 2.45) is 0 Å². The Bertz CT molecular complexity index is 957. The predicted octanol–water partition coefficient (Wildman–Crippen LogP) is 1.65. The number of carbonyl (C=O) groups is 1. The average molecular weight is 412 g/mol. The maximum Gasteiger partial charge on any atom is 0.256 e. The molecule has 0 radical (unpaired) electrons. The van der Waals surface area contributed by atoms with Crippen LogP contribution < -0.4 is 0 Å². The second-order valence-corrected chi connectivity index (χ2v) is 10.2. The molecule has 1 saturated heterocycles. The van der Waals surface area contributed by atoms with E-state index in [1.54, 1.807) is 4.90 Å². The number of hydrogen-bond acceptors (Lipinski definition) is 7. The zero-order valence-electron chi connectivity index (χ0n) is 16.0. The van der Waals surface area contributed by atoms with Gasteiger partial charge < -0.3 is 4.90 Å². The number of amides is 1. The van der Waals surface area contributed by atoms with E-state index >= 15 is 0 Å². The molecule has 1 fully saturated rings. The normalized spacial score (nSPS) is 20.1. The zero-order valence-corrected chi connectivity index (χ0v) is 17.7. The molecule has 8 nitrogen and oxygen atoms in total. The minimum absolute atomic E-state index is 0.00223. The molecule has 0 unspecified atom stereocenters. The lowest BCUT2D eigenvalue weighted by Gasteiger charge is -2.33. The molecule has 3 rings (SSSR count). The quantitative estimate of drug-likeness (QED) is 0.667. The number of fused-ring (bicyclic) bond motifs is 1. The number of hydrogen-bond donors (Lipinski definition) is 0. The van der Waals surface area contributed by atoms with Gasteiger partial charge in [-0.2, -0.15) is 0 Å². The molecular formula is C17H25N5O3S2. The van der Waals surface area contributed by atoms with E-state index in [2.05, 4.69) is 15.2 Å². The van der Waals surface area contributed by atoms with Crippen LogP contribution in [0.15, 0.2) is 11.2 Å². The monoisotopic (exact) mass is 411 g/mol. The Morgan fingerprint density at radius 3 is 2.78 bits per heavy atom. The number of aryl methyl sites for hydroxylation is 2. The Labute approximate surface area is 163 Å². The molecule has 0 saturated carbocycles. The summed E-state index contributed by atoms with van der Waals surface area (Å²) in [4.78, 5) is 19.1. The van der Waals surface area contributed by atoms with Gasteiger partial charge in [0.2, 0.25) is 5.91 Å². The van der Waals surface area contributed by atoms with Gasteiger partial charge in [0.15, 0.2) is 15.0 Å². The van der Waals surface area contributed by atoms with Crippen molar-refractivity contribution >= 4 is 33.3 Å². The zero-order chi connectivity index (χ0) is 19.8. The summed E-state index contributed by atoms with van der Waals surface area (Å²) in [6.07, 6.45) is 1.29. The Hall–Kier alpha value is -1.68. The SMILES string of the molecule is CC[C@H](C)N(C(=O)CSc1nnc2nc(C)cc(C)n12)[C@@H]1CCS(=O)(=O)C1. The number of aromatic nitrogens is 4. The molecule has 0 aromatic carbocycles. The summed E-state index contributed by atoms with van der Waals surface area (Å²) in [6.45, 7) is 7.82. The number of rotatable bonds is 6. The highest BCUT2D eigenvalue weighted by atomic mass is 32.2. The Balaban J connectivity index is 1.77. The molecule has 1 aliphatic rings. The lowest BCUT2D eigenvalue weighted by Crippen LogP contribution is -2.47. The second-order valence-electron chi connectivity index (χ2n) is 7.06. The van der Waals surface area contributed by atoms with E-state index < -0.39 is 9.84 Å². The largest absolute Gasteiger partial charge is 0.335 e. The van der Waals surface area contributed by atoms with Crippen molar-refractivity contribution in [1.29, 1.82) is 0 Å². The van der Waals surface area contributed by atoms with Crippen molar-refractivity contribution in [3.8, 4) is 0 Å². The van der Waals surface area contributed by atoms with E-state index in [0.29, 0.717) is 17.4 Å². The minimum Gasteiger partial charge on any atom is -0.335 e. The van der Waals surface area contributed by atoms with Crippen LogP contribution in [-0.4, -0.2) is 68.1 Å². The maximum atomic E-state index is 12.9. The highest BCUT2D eigenvalue weighted by molar-refractivity contribution is 7.99. The third-order valence-corrected chi connectivity index (χ3v) is 7.61. The van der Waals surface area contributed by atoms with Gasteiger partial charge in [0.25, 0.3) is 5.78 Å². The first-order chi connectivity index (χ1) is 12.7. The minimum atomic E-state index is -3.05. The second kappa shape index (κ2) is 7.75. The average Bonchev–Trinajstić information content (AvgIpc) is 3.16. The maximum absolute atomic E-state index is 12.9. The highest BCUT2D eigenvalue weighted by Crippen LogP contribution is 2.24. The van der Waals surface area contributed by atoms with Gasteiger partial charge in [0.1, 0.15) is 0 Å². The van der Waals surface area contributed by atoms with E-state index in [4.69, 9.17) is 0 Å². The molecule has 27 heavy (non-hydrogen) atoms. The van der Waals surface area contributed by atoms with Crippen LogP contribution in [0, 0.1) is 13.8 Å². The van der Waals surface area contributed by atoms with Gasteiger partial charge in [-0.25, -0.2) is 13.4 Å². The molecule has 1 aliphatic heterocycles. The van der Waals surface area contributed by atoms with Crippen LogP contribution in [-0.2, 0) is 14.6 Å². The van der Waals surface area contributed by atoms with Gasteiger partial charge in [0.05, 0.1) is 17.3 Å². The lowest BCUT2D eigenvalue weighted by molar-refractivity contribution is -0.132. The molecule has 10 heteroatoms. The van der Waals surface area contributed by atoms with Gasteiger partial charge in [-0.05, 0) is 39.7 Å². The van der Waals surface area contributed by atoms with E-state index in [0.717, 1.165) is 17.8 Å². The summed E-state index contributed by atoms with van der Waals surface area (Å²) in [7, 11) is -3.05. The Morgan fingerprint density at radius 1 is 1.41 bits per heavy atom. The summed E-state index contributed by atoms with van der Waals surface area (Å²) in [5, 5.41) is 8.87. The molecule has 2 aromatic heterocycles. The van der Waals surface area contributed by atoms with Crippen molar-refractivity contribution in [2.45, 2.75) is 57.8 Å². The molecule has 0 aliphatic carbocycles. The fourth-order valence-electron chi connectivity index (χ4n) is 3.50. The van der Waals surface area contributed by atoms with Gasteiger partial charge in [-0.15, -0.1) is 10.2 Å². The summed E-state index contributed by atoms with van der Waals surface area (Å²) >= 11 is 1.31. The number of thioether (sulfide) groups is 1. The summed E-state index contributed by atoms with van der Waals surface area (Å²) in [5.74, 6) is 0.859. The van der Waals surface area contributed by atoms with Crippen LogP contribution in [0.1, 0.15) is 38.1 Å². The molecule has 3 heterocycles. The van der Waals surface area contributed by atoms with Crippen LogP contribution >= 0.6 is 11.8 Å². The summed E-state index contributed by atoms with van der Waals surface area (Å²) < 4.78 is 25.6. The molecule has 2 aromatic rings. The number of carbonyl (C=O) groups excluding carboxylic acids is 1. The molecule has 148 valence electrons. The molecule has 0 bridgehead atoms. The van der Waals surface area contributed by atoms with Gasteiger partial charge >= 0.3 is 0 Å². The van der Waals surface area contributed by atoms with Crippen LogP contribution in [0.5, 0.6) is 0 Å². The molecule has 2 atom stereocenters. The predicted molar refractivity (Wildman–Crippen MR) is 105 cm³/mol. The van der Waals surface area contributed by atoms with Crippen molar-refractivity contribution in [2.75, 3.05) is 17.3 Å². The Kier molecular flexibility index (Phi) is 5.76. The standard InChI is InChI=1S/C17H25N5O3S2/c1-5-12(3)21(14-6-7-27(24,25)10-14)15(23)9-26-17-20-19-16-18-11(2)8-13(4)22(16)17/h8,12,14H,5-7,9-10H2,1-4H3/t12-,14+/m0/s1. The van der Waals surface area contributed by atoms with E-state index in [9.17, 15) is 13.2 Å². The van der Waals surface area contributed by atoms with Crippen molar-refractivity contribution in [3.05, 3.63) is 17.5 Å². The van der Waals surface area contributed by atoms with E-state index in [1.807, 2.05) is 38.2 Å². The van der Waals surface area contributed by atoms with Gasteiger partial charge in [-0.1, -0.05) is 18.7 Å². The first-order valence-corrected chi connectivity index (χ1v) is 11.9. The third-order valence-electron chi connectivity index (χ3n) is 4.94. The smallest absolute Gasteiger partial charge is 0.256 e. The first-order valence-electron chi connectivity index (χ1n) is 9.05.